The minimum absolute atomic E-state index is 0.287. The molecule has 1 heteroatoms. The van der Waals surface area contributed by atoms with Crippen molar-refractivity contribution < 1.29 is 0 Å². The Bertz CT molecular complexity index is 76.9. The van der Waals surface area contributed by atoms with Gasteiger partial charge in [-0.05, 0) is 5.41 Å². The van der Waals surface area contributed by atoms with E-state index in [2.05, 4.69) is 26.8 Å². The van der Waals surface area contributed by atoms with E-state index in [0.717, 1.165) is 0 Å². The van der Waals surface area contributed by atoms with Gasteiger partial charge in [0.15, 0.2) is 0 Å². The van der Waals surface area contributed by atoms with Crippen molar-refractivity contribution in [2.24, 2.45) is 5.41 Å². The van der Waals surface area contributed by atoms with Gasteiger partial charge in [0, 0.05) is 5.88 Å². The molecule has 0 aliphatic heterocycles. The monoisotopic (exact) mass is 132 g/mol. The molecule has 48 valence electrons. The summed E-state index contributed by atoms with van der Waals surface area (Å²) in [6.45, 7) is 6.45. The molecule has 0 atom stereocenters. The second-order valence-corrected chi connectivity index (χ2v) is 3.23. The Morgan fingerprint density at radius 2 is 1.88 bits per heavy atom. The van der Waals surface area contributed by atoms with Crippen molar-refractivity contribution in [1.82, 2.24) is 0 Å². The van der Waals surface area contributed by atoms with Crippen molar-refractivity contribution in [2.75, 3.05) is 5.88 Å². The molecule has 0 nitrogen and oxygen atoms in total. The van der Waals surface area contributed by atoms with Crippen molar-refractivity contribution >= 4 is 11.6 Å². The van der Waals surface area contributed by atoms with Gasteiger partial charge in [0.05, 0.1) is 0 Å². The molecule has 8 heavy (non-hydrogen) atoms. The van der Waals surface area contributed by atoms with Crippen LogP contribution < -0.4 is 0 Å². The van der Waals surface area contributed by atoms with Gasteiger partial charge in [-0.15, -0.1) is 11.6 Å². The van der Waals surface area contributed by atoms with Gasteiger partial charge in [0.1, 0.15) is 0 Å². The van der Waals surface area contributed by atoms with E-state index in [1.807, 2.05) is 6.08 Å². The van der Waals surface area contributed by atoms with Gasteiger partial charge in [0.25, 0.3) is 0 Å². The minimum atomic E-state index is 0.287. The van der Waals surface area contributed by atoms with Crippen LogP contribution in [0.4, 0.5) is 0 Å². The molecular weight excluding hydrogens is 120 g/mol. The van der Waals surface area contributed by atoms with Crippen LogP contribution in [-0.4, -0.2) is 5.88 Å². The molecule has 0 aromatic carbocycles. The predicted octanol–water partition coefficient (Wildman–Crippen LogP) is 2.83. The molecule has 0 radical (unpaired) electrons. The third kappa shape index (κ3) is 6.03. The fraction of sp³-hybridized carbons (Fsp3) is 0.714. The van der Waals surface area contributed by atoms with Crippen LogP contribution in [0.25, 0.3) is 0 Å². The van der Waals surface area contributed by atoms with Crippen LogP contribution in [0.15, 0.2) is 12.2 Å². The first-order valence-corrected chi connectivity index (χ1v) is 3.33. The van der Waals surface area contributed by atoms with Gasteiger partial charge in [-0.3, -0.25) is 0 Å². The lowest BCUT2D eigenvalue weighted by molar-refractivity contribution is 0.543. The summed E-state index contributed by atoms with van der Waals surface area (Å²) < 4.78 is 0. The summed E-state index contributed by atoms with van der Waals surface area (Å²) in [5.74, 6) is 0.622. The fourth-order valence-corrected chi connectivity index (χ4v) is 0.487. The highest BCUT2D eigenvalue weighted by Crippen LogP contribution is 2.13. The lowest BCUT2D eigenvalue weighted by Crippen LogP contribution is -1.98. The van der Waals surface area contributed by atoms with Crippen LogP contribution in [0.5, 0.6) is 0 Å². The third-order valence-corrected chi connectivity index (χ3v) is 0.885. The Hall–Kier alpha value is 0.0300. The molecule has 0 aliphatic rings. The zero-order valence-corrected chi connectivity index (χ0v) is 6.50. The fourth-order valence-electron chi connectivity index (χ4n) is 0.398. The second kappa shape index (κ2) is 3.13. The smallest absolute Gasteiger partial charge is 0.0404 e. The van der Waals surface area contributed by atoms with Gasteiger partial charge in [-0.2, -0.15) is 0 Å². The van der Waals surface area contributed by atoms with Gasteiger partial charge in [-0.1, -0.05) is 32.9 Å². The Balaban J connectivity index is 3.52. The zero-order chi connectivity index (χ0) is 6.62. The van der Waals surface area contributed by atoms with Crippen LogP contribution in [0.2, 0.25) is 0 Å². The summed E-state index contributed by atoms with van der Waals surface area (Å²) in [6, 6.07) is 0. The average Bonchev–Trinajstić information content (AvgIpc) is 1.59. The summed E-state index contributed by atoms with van der Waals surface area (Å²) in [7, 11) is 0. The van der Waals surface area contributed by atoms with Crippen molar-refractivity contribution in [3.8, 4) is 0 Å². The molecule has 0 aromatic heterocycles. The Labute approximate surface area is 56.5 Å². The molecule has 0 aliphatic carbocycles. The normalized spacial score (nSPS) is 13.0. The highest BCUT2D eigenvalue weighted by molar-refractivity contribution is 6.18. The Morgan fingerprint density at radius 3 is 2.00 bits per heavy atom. The Morgan fingerprint density at radius 1 is 1.38 bits per heavy atom. The summed E-state index contributed by atoms with van der Waals surface area (Å²) in [6.07, 6.45) is 4.08. The number of alkyl halides is 1. The molecule has 0 heterocycles. The molecule has 0 bridgehead atoms. The number of hydrogen-bond donors (Lipinski definition) is 0. The standard InChI is InChI=1S/C7H13Cl/c1-7(2,3)5-4-6-8/h4-5H,6H2,1-3H3/b5-4-. The molecular formula is C7H13Cl. The largest absolute Gasteiger partial charge is 0.122 e. The molecule has 0 rings (SSSR count). The lowest BCUT2D eigenvalue weighted by Gasteiger charge is -2.09. The molecule has 0 fully saturated rings. The molecule has 0 saturated carbocycles. The van der Waals surface area contributed by atoms with E-state index in [4.69, 9.17) is 11.6 Å². The van der Waals surface area contributed by atoms with Crippen LogP contribution in [0, 0.1) is 5.41 Å². The SMILES string of the molecule is CC(C)(C)/C=C\CCl. The van der Waals surface area contributed by atoms with E-state index in [1.165, 1.54) is 0 Å². The van der Waals surface area contributed by atoms with Gasteiger partial charge in [0.2, 0.25) is 0 Å². The van der Waals surface area contributed by atoms with E-state index < -0.39 is 0 Å². The van der Waals surface area contributed by atoms with Crippen LogP contribution in [-0.2, 0) is 0 Å². The third-order valence-electron chi connectivity index (χ3n) is 0.707. The number of halogens is 1. The summed E-state index contributed by atoms with van der Waals surface area (Å²) >= 11 is 5.42. The minimum Gasteiger partial charge on any atom is -0.122 e. The van der Waals surface area contributed by atoms with Crippen LogP contribution in [0.3, 0.4) is 0 Å². The average molecular weight is 133 g/mol. The first-order valence-electron chi connectivity index (χ1n) is 2.80. The predicted molar refractivity (Wildman–Crippen MR) is 39.3 cm³/mol. The summed E-state index contributed by atoms with van der Waals surface area (Å²) in [5.41, 5.74) is 0.287. The number of rotatable bonds is 1. The molecule has 0 saturated heterocycles. The van der Waals surface area contributed by atoms with Crippen molar-refractivity contribution in [1.29, 1.82) is 0 Å². The van der Waals surface area contributed by atoms with Gasteiger partial charge in [-0.25, -0.2) is 0 Å². The quantitative estimate of drug-likeness (QED) is 0.380. The van der Waals surface area contributed by atoms with Gasteiger partial charge >= 0.3 is 0 Å². The highest BCUT2D eigenvalue weighted by atomic mass is 35.5. The zero-order valence-electron chi connectivity index (χ0n) is 5.74. The molecule has 0 N–H and O–H groups in total. The lowest BCUT2D eigenvalue weighted by atomic mass is 9.97. The van der Waals surface area contributed by atoms with Crippen LogP contribution in [0.1, 0.15) is 20.8 Å². The molecule has 0 aromatic rings. The van der Waals surface area contributed by atoms with Gasteiger partial charge < -0.3 is 0 Å². The van der Waals surface area contributed by atoms with Crippen molar-refractivity contribution in [3.05, 3.63) is 12.2 Å². The first-order chi connectivity index (χ1) is 3.56. The highest BCUT2D eigenvalue weighted by Gasteiger charge is 2.01. The van der Waals surface area contributed by atoms with E-state index in [-0.39, 0.29) is 5.41 Å². The van der Waals surface area contributed by atoms with Crippen LogP contribution >= 0.6 is 11.6 Å². The van der Waals surface area contributed by atoms with E-state index >= 15 is 0 Å². The van der Waals surface area contributed by atoms with E-state index in [9.17, 15) is 0 Å². The molecule has 0 amide bonds. The maximum Gasteiger partial charge on any atom is 0.0404 e. The van der Waals surface area contributed by atoms with Crippen molar-refractivity contribution in [3.63, 3.8) is 0 Å². The molecule has 0 spiro atoms. The van der Waals surface area contributed by atoms with E-state index in [0.29, 0.717) is 5.88 Å². The topological polar surface area (TPSA) is 0 Å². The molecule has 0 unspecified atom stereocenters. The number of hydrogen-bond acceptors (Lipinski definition) is 0. The maximum atomic E-state index is 5.42. The first kappa shape index (κ1) is 8.03. The van der Waals surface area contributed by atoms with E-state index in [1.54, 1.807) is 0 Å². The summed E-state index contributed by atoms with van der Waals surface area (Å²) in [5, 5.41) is 0. The Kier molecular flexibility index (Phi) is 3.15. The van der Waals surface area contributed by atoms with Crippen molar-refractivity contribution in [2.45, 2.75) is 20.8 Å². The second-order valence-electron chi connectivity index (χ2n) is 2.92. The summed E-state index contributed by atoms with van der Waals surface area (Å²) in [4.78, 5) is 0. The number of allylic oxidation sites excluding steroid dienone is 2. The maximum absolute atomic E-state index is 5.42.